The second-order valence-electron chi connectivity index (χ2n) is 5.43. The highest BCUT2D eigenvalue weighted by molar-refractivity contribution is 9.10. The Bertz CT molecular complexity index is 485. The molecule has 19 heavy (non-hydrogen) atoms. The number of Topliss-reactive ketones (excluding diaryl/α,β-unsaturated/α-hetero) is 1. The van der Waals surface area contributed by atoms with Gasteiger partial charge in [-0.05, 0) is 37.3 Å². The molecule has 104 valence electrons. The lowest BCUT2D eigenvalue weighted by atomic mass is 9.82. The lowest BCUT2D eigenvalue weighted by Crippen LogP contribution is -2.27. The van der Waals surface area contributed by atoms with Crippen molar-refractivity contribution in [3.05, 3.63) is 33.8 Å². The zero-order valence-corrected chi connectivity index (χ0v) is 12.5. The van der Waals surface area contributed by atoms with Gasteiger partial charge in [0.2, 0.25) is 5.92 Å². The van der Waals surface area contributed by atoms with Crippen LogP contribution in [-0.2, 0) is 0 Å². The summed E-state index contributed by atoms with van der Waals surface area (Å²) in [6, 6.07) is 5.51. The predicted molar refractivity (Wildman–Crippen MR) is 74.7 cm³/mol. The fraction of sp³-hybridized carbons (Fsp3) is 0.533. The molecule has 0 aliphatic heterocycles. The molecule has 0 saturated heterocycles. The van der Waals surface area contributed by atoms with E-state index in [2.05, 4.69) is 15.9 Å². The molecule has 1 unspecified atom stereocenters. The molecule has 1 aromatic carbocycles. The van der Waals surface area contributed by atoms with Gasteiger partial charge in [0.25, 0.3) is 0 Å². The zero-order valence-electron chi connectivity index (χ0n) is 10.9. The van der Waals surface area contributed by atoms with Crippen molar-refractivity contribution in [1.29, 1.82) is 0 Å². The molecule has 1 nitrogen and oxygen atoms in total. The lowest BCUT2D eigenvalue weighted by molar-refractivity contribution is -0.0521. The first-order valence-electron chi connectivity index (χ1n) is 6.54. The summed E-state index contributed by atoms with van der Waals surface area (Å²) in [7, 11) is 0. The van der Waals surface area contributed by atoms with Crippen molar-refractivity contribution in [1.82, 2.24) is 0 Å². The summed E-state index contributed by atoms with van der Waals surface area (Å²) in [5.41, 5.74) is 1.66. The maximum atomic E-state index is 13.3. The van der Waals surface area contributed by atoms with Crippen LogP contribution in [0, 0.1) is 12.8 Å². The number of rotatable bonds is 3. The fourth-order valence-corrected chi connectivity index (χ4v) is 3.38. The Morgan fingerprint density at radius 3 is 2.84 bits per heavy atom. The molecule has 0 amide bonds. The summed E-state index contributed by atoms with van der Waals surface area (Å²) in [5.74, 6) is -2.83. The summed E-state index contributed by atoms with van der Waals surface area (Å²) in [6.07, 6.45) is 1.27. The van der Waals surface area contributed by atoms with Gasteiger partial charge < -0.3 is 0 Å². The minimum Gasteiger partial charge on any atom is -0.294 e. The summed E-state index contributed by atoms with van der Waals surface area (Å²) < 4.78 is 27.4. The van der Waals surface area contributed by atoms with Gasteiger partial charge in [0, 0.05) is 29.3 Å². The molecular weight excluding hydrogens is 314 g/mol. The highest BCUT2D eigenvalue weighted by Gasteiger charge is 2.36. The van der Waals surface area contributed by atoms with Crippen LogP contribution in [-0.4, -0.2) is 11.7 Å². The van der Waals surface area contributed by atoms with E-state index in [9.17, 15) is 13.6 Å². The van der Waals surface area contributed by atoms with Crippen molar-refractivity contribution in [3.8, 4) is 0 Å². The predicted octanol–water partition coefficient (Wildman–Crippen LogP) is 5.16. The van der Waals surface area contributed by atoms with Gasteiger partial charge in [0.1, 0.15) is 0 Å². The Kier molecular flexibility index (Phi) is 4.39. The average Bonchev–Trinajstić information content (AvgIpc) is 2.27. The monoisotopic (exact) mass is 330 g/mol. The standard InChI is InChI=1S/C15H17BrF2O/c1-10-4-5-12(13(16)7-10)14(19)8-11-3-2-6-15(17,18)9-11/h4-5,7,11H,2-3,6,8-9H2,1H3. The first-order chi connectivity index (χ1) is 8.87. The van der Waals surface area contributed by atoms with E-state index >= 15 is 0 Å². The van der Waals surface area contributed by atoms with Crippen LogP contribution in [0.25, 0.3) is 0 Å². The third kappa shape index (κ3) is 3.85. The summed E-state index contributed by atoms with van der Waals surface area (Å²) in [6.45, 7) is 1.95. The smallest absolute Gasteiger partial charge is 0.248 e. The van der Waals surface area contributed by atoms with E-state index in [0.29, 0.717) is 12.0 Å². The van der Waals surface area contributed by atoms with Crippen molar-refractivity contribution < 1.29 is 13.6 Å². The summed E-state index contributed by atoms with van der Waals surface area (Å²) in [4.78, 5) is 12.2. The molecule has 0 heterocycles. The molecule has 1 atom stereocenters. The van der Waals surface area contributed by atoms with E-state index in [1.54, 1.807) is 6.07 Å². The van der Waals surface area contributed by atoms with Crippen LogP contribution < -0.4 is 0 Å². The van der Waals surface area contributed by atoms with Gasteiger partial charge in [0.15, 0.2) is 5.78 Å². The molecule has 1 fully saturated rings. The van der Waals surface area contributed by atoms with E-state index in [1.807, 2.05) is 19.1 Å². The van der Waals surface area contributed by atoms with Crippen molar-refractivity contribution >= 4 is 21.7 Å². The second kappa shape index (κ2) is 5.70. The molecule has 0 radical (unpaired) electrons. The van der Waals surface area contributed by atoms with Crippen molar-refractivity contribution in [2.75, 3.05) is 0 Å². The van der Waals surface area contributed by atoms with E-state index < -0.39 is 5.92 Å². The Hall–Kier alpha value is -0.770. The number of carbonyl (C=O) groups is 1. The number of aryl methyl sites for hydroxylation is 1. The quantitative estimate of drug-likeness (QED) is 0.700. The van der Waals surface area contributed by atoms with Crippen molar-refractivity contribution in [2.45, 2.75) is 45.0 Å². The second-order valence-corrected chi connectivity index (χ2v) is 6.28. The van der Waals surface area contributed by atoms with Crippen LogP contribution in [0.5, 0.6) is 0 Å². The van der Waals surface area contributed by atoms with Gasteiger partial charge in [-0.1, -0.05) is 28.1 Å². The van der Waals surface area contributed by atoms with Crippen LogP contribution in [0.1, 0.15) is 48.0 Å². The zero-order chi connectivity index (χ0) is 14.0. The first-order valence-corrected chi connectivity index (χ1v) is 7.34. The van der Waals surface area contributed by atoms with Crippen LogP contribution in [0.3, 0.4) is 0 Å². The number of alkyl halides is 2. The average molecular weight is 331 g/mol. The molecule has 0 N–H and O–H groups in total. The van der Waals surface area contributed by atoms with Crippen molar-refractivity contribution in [2.24, 2.45) is 5.92 Å². The Labute approximate surface area is 120 Å². The number of hydrogen-bond acceptors (Lipinski definition) is 1. The largest absolute Gasteiger partial charge is 0.294 e. The fourth-order valence-electron chi connectivity index (χ4n) is 2.67. The topological polar surface area (TPSA) is 17.1 Å². The normalized spacial score (nSPS) is 22.2. The molecule has 2 rings (SSSR count). The van der Waals surface area contributed by atoms with Gasteiger partial charge in [0.05, 0.1) is 0 Å². The number of ketones is 1. The molecule has 0 bridgehead atoms. The van der Waals surface area contributed by atoms with Gasteiger partial charge in [-0.2, -0.15) is 0 Å². The van der Waals surface area contributed by atoms with E-state index in [-0.39, 0.29) is 31.0 Å². The number of benzene rings is 1. The molecule has 4 heteroatoms. The number of hydrogen-bond donors (Lipinski definition) is 0. The SMILES string of the molecule is Cc1ccc(C(=O)CC2CCCC(F)(F)C2)c(Br)c1. The molecule has 1 saturated carbocycles. The van der Waals surface area contributed by atoms with E-state index in [0.717, 1.165) is 16.5 Å². The van der Waals surface area contributed by atoms with Crippen LogP contribution >= 0.6 is 15.9 Å². The lowest BCUT2D eigenvalue weighted by Gasteiger charge is -2.28. The molecular formula is C15H17BrF2O. The van der Waals surface area contributed by atoms with Crippen LogP contribution in [0.15, 0.2) is 22.7 Å². The third-order valence-corrected chi connectivity index (χ3v) is 4.30. The Morgan fingerprint density at radius 1 is 1.47 bits per heavy atom. The van der Waals surface area contributed by atoms with E-state index in [4.69, 9.17) is 0 Å². The molecule has 1 aromatic rings. The minimum absolute atomic E-state index is 0.0358. The van der Waals surface area contributed by atoms with Gasteiger partial charge in [-0.3, -0.25) is 4.79 Å². The number of halogens is 3. The Balaban J connectivity index is 2.04. The maximum absolute atomic E-state index is 13.3. The third-order valence-electron chi connectivity index (χ3n) is 3.64. The number of carbonyl (C=O) groups excluding carboxylic acids is 1. The highest BCUT2D eigenvalue weighted by Crippen LogP contribution is 2.38. The summed E-state index contributed by atoms with van der Waals surface area (Å²) >= 11 is 3.37. The molecule has 0 spiro atoms. The van der Waals surface area contributed by atoms with Crippen LogP contribution in [0.2, 0.25) is 0 Å². The first kappa shape index (κ1) is 14.6. The van der Waals surface area contributed by atoms with Gasteiger partial charge in [-0.15, -0.1) is 0 Å². The van der Waals surface area contributed by atoms with Crippen LogP contribution in [0.4, 0.5) is 8.78 Å². The summed E-state index contributed by atoms with van der Waals surface area (Å²) in [5, 5.41) is 0. The van der Waals surface area contributed by atoms with Gasteiger partial charge in [-0.25, -0.2) is 8.78 Å². The van der Waals surface area contributed by atoms with Crippen molar-refractivity contribution in [3.63, 3.8) is 0 Å². The molecule has 1 aliphatic rings. The van der Waals surface area contributed by atoms with Gasteiger partial charge >= 0.3 is 0 Å². The maximum Gasteiger partial charge on any atom is 0.248 e. The minimum atomic E-state index is -2.59. The molecule has 0 aromatic heterocycles. The highest BCUT2D eigenvalue weighted by atomic mass is 79.9. The molecule has 1 aliphatic carbocycles. The Morgan fingerprint density at radius 2 is 2.21 bits per heavy atom. The van der Waals surface area contributed by atoms with E-state index in [1.165, 1.54) is 0 Å².